The summed E-state index contributed by atoms with van der Waals surface area (Å²) in [7, 11) is 0. The fourth-order valence-corrected chi connectivity index (χ4v) is 2.65. The van der Waals surface area contributed by atoms with E-state index in [1.807, 2.05) is 19.3 Å². The Morgan fingerprint density at radius 3 is 2.45 bits per heavy atom. The average molecular weight is 289 g/mol. The summed E-state index contributed by atoms with van der Waals surface area (Å²) in [6.07, 6.45) is 3.69. The van der Waals surface area contributed by atoms with E-state index in [0.29, 0.717) is 5.92 Å². The minimum atomic E-state index is 0.250. The van der Waals surface area contributed by atoms with Crippen LogP contribution in [0.25, 0.3) is 0 Å². The van der Waals surface area contributed by atoms with Crippen molar-refractivity contribution < 1.29 is 0 Å². The first-order valence-electron chi connectivity index (χ1n) is 7.02. The molecular formula is C17H21ClN2. The fraction of sp³-hybridized carbons (Fsp3) is 0.353. The quantitative estimate of drug-likeness (QED) is 0.876. The summed E-state index contributed by atoms with van der Waals surface area (Å²) in [6, 6.07) is 10.7. The fourth-order valence-electron chi connectivity index (χ4n) is 2.47. The van der Waals surface area contributed by atoms with Crippen LogP contribution in [-0.4, -0.2) is 11.5 Å². The Bertz CT molecular complexity index is 554. The minimum Gasteiger partial charge on any atom is -0.310 e. The van der Waals surface area contributed by atoms with Crippen LogP contribution in [0.2, 0.25) is 5.02 Å². The summed E-state index contributed by atoms with van der Waals surface area (Å²) in [5.41, 5.74) is 3.62. The number of aryl methyl sites for hydroxylation is 1. The van der Waals surface area contributed by atoms with Crippen LogP contribution in [0, 0.1) is 6.92 Å². The van der Waals surface area contributed by atoms with Gasteiger partial charge in [0, 0.05) is 29.4 Å². The van der Waals surface area contributed by atoms with Gasteiger partial charge in [0.05, 0.1) is 0 Å². The maximum atomic E-state index is 6.27. The lowest BCUT2D eigenvalue weighted by atomic mass is 9.88. The zero-order chi connectivity index (χ0) is 14.5. The maximum Gasteiger partial charge on any atom is 0.0438 e. The SMILES string of the molecule is CCNC(c1ccc(C)c(Cl)c1)C(C)c1ccncc1. The zero-order valence-electron chi connectivity index (χ0n) is 12.2. The van der Waals surface area contributed by atoms with Crippen LogP contribution in [0.1, 0.15) is 42.5 Å². The summed E-state index contributed by atoms with van der Waals surface area (Å²) in [5, 5.41) is 4.39. The molecule has 0 fully saturated rings. The highest BCUT2D eigenvalue weighted by atomic mass is 35.5. The van der Waals surface area contributed by atoms with Gasteiger partial charge >= 0.3 is 0 Å². The topological polar surface area (TPSA) is 24.9 Å². The molecule has 2 aromatic rings. The molecule has 3 heteroatoms. The number of pyridine rings is 1. The third kappa shape index (κ3) is 3.38. The lowest BCUT2D eigenvalue weighted by molar-refractivity contribution is 0.479. The van der Waals surface area contributed by atoms with Crippen LogP contribution in [0.4, 0.5) is 0 Å². The van der Waals surface area contributed by atoms with Gasteiger partial charge in [-0.05, 0) is 48.4 Å². The number of nitrogens with one attached hydrogen (secondary N) is 1. The van der Waals surface area contributed by atoms with E-state index in [1.54, 1.807) is 0 Å². The highest BCUT2D eigenvalue weighted by Crippen LogP contribution is 2.32. The molecule has 20 heavy (non-hydrogen) atoms. The molecule has 1 aromatic heterocycles. The van der Waals surface area contributed by atoms with Crippen LogP contribution in [-0.2, 0) is 0 Å². The number of hydrogen-bond donors (Lipinski definition) is 1. The van der Waals surface area contributed by atoms with E-state index in [0.717, 1.165) is 17.1 Å². The Labute approximate surface area is 126 Å². The molecule has 0 radical (unpaired) electrons. The van der Waals surface area contributed by atoms with Gasteiger partial charge in [0.1, 0.15) is 0 Å². The van der Waals surface area contributed by atoms with Crippen molar-refractivity contribution in [1.82, 2.24) is 10.3 Å². The summed E-state index contributed by atoms with van der Waals surface area (Å²) >= 11 is 6.27. The monoisotopic (exact) mass is 288 g/mol. The van der Waals surface area contributed by atoms with Crippen LogP contribution >= 0.6 is 11.6 Å². The standard InChI is InChI=1S/C17H21ClN2/c1-4-20-17(13(3)14-7-9-19-10-8-14)15-6-5-12(2)16(18)11-15/h5-11,13,17,20H,4H2,1-3H3. The van der Waals surface area contributed by atoms with E-state index in [9.17, 15) is 0 Å². The second-order valence-electron chi connectivity index (χ2n) is 5.11. The normalized spacial score (nSPS) is 14.0. The van der Waals surface area contributed by atoms with Crippen molar-refractivity contribution in [3.05, 3.63) is 64.4 Å². The summed E-state index contributed by atoms with van der Waals surface area (Å²) in [6.45, 7) is 7.31. The van der Waals surface area contributed by atoms with Gasteiger partial charge < -0.3 is 5.32 Å². The molecule has 0 aliphatic rings. The number of benzene rings is 1. The van der Waals surface area contributed by atoms with Crippen LogP contribution in [0.15, 0.2) is 42.7 Å². The molecule has 2 unspecified atom stereocenters. The Morgan fingerprint density at radius 1 is 1.15 bits per heavy atom. The number of likely N-dealkylation sites (N-methyl/N-ethyl adjacent to an activating group) is 1. The van der Waals surface area contributed by atoms with E-state index in [4.69, 9.17) is 11.6 Å². The predicted molar refractivity (Wildman–Crippen MR) is 85.3 cm³/mol. The van der Waals surface area contributed by atoms with Gasteiger partial charge in [-0.15, -0.1) is 0 Å². The first-order chi connectivity index (χ1) is 9.63. The summed E-state index contributed by atoms with van der Waals surface area (Å²) < 4.78 is 0. The first-order valence-corrected chi connectivity index (χ1v) is 7.40. The molecule has 106 valence electrons. The van der Waals surface area contributed by atoms with Crippen molar-refractivity contribution in [3.63, 3.8) is 0 Å². The Hall–Kier alpha value is -1.38. The Kier molecular flexibility index (Phi) is 5.16. The molecule has 0 aliphatic carbocycles. The van der Waals surface area contributed by atoms with Gasteiger partial charge in [-0.3, -0.25) is 4.98 Å². The number of hydrogen-bond acceptors (Lipinski definition) is 2. The molecule has 1 N–H and O–H groups in total. The molecule has 2 rings (SSSR count). The van der Waals surface area contributed by atoms with Crippen molar-refractivity contribution in [3.8, 4) is 0 Å². The van der Waals surface area contributed by atoms with Gasteiger partial charge in [-0.25, -0.2) is 0 Å². The van der Waals surface area contributed by atoms with Gasteiger partial charge in [0.2, 0.25) is 0 Å². The molecule has 0 bridgehead atoms. The molecule has 2 nitrogen and oxygen atoms in total. The van der Waals surface area contributed by atoms with Gasteiger partial charge in [0.25, 0.3) is 0 Å². The van der Waals surface area contributed by atoms with Crippen LogP contribution in [0.3, 0.4) is 0 Å². The molecule has 2 atom stereocenters. The first kappa shape index (κ1) is 15.0. The molecule has 0 saturated heterocycles. The number of rotatable bonds is 5. The van der Waals surface area contributed by atoms with Gasteiger partial charge in [0.15, 0.2) is 0 Å². The largest absolute Gasteiger partial charge is 0.310 e. The van der Waals surface area contributed by atoms with E-state index in [2.05, 4.69) is 54.5 Å². The third-order valence-corrected chi connectivity index (χ3v) is 4.12. The number of halogens is 1. The molecule has 1 aromatic carbocycles. The van der Waals surface area contributed by atoms with Gasteiger partial charge in [-0.2, -0.15) is 0 Å². The van der Waals surface area contributed by atoms with Crippen molar-refractivity contribution in [1.29, 1.82) is 0 Å². The number of nitrogens with zero attached hydrogens (tertiary/aromatic N) is 1. The third-order valence-electron chi connectivity index (χ3n) is 3.71. The van der Waals surface area contributed by atoms with Crippen molar-refractivity contribution >= 4 is 11.6 Å². The average Bonchev–Trinajstić information content (AvgIpc) is 2.48. The number of aromatic nitrogens is 1. The second kappa shape index (κ2) is 6.87. The zero-order valence-corrected chi connectivity index (χ0v) is 13.0. The maximum absolute atomic E-state index is 6.27. The lowest BCUT2D eigenvalue weighted by Crippen LogP contribution is -2.25. The van der Waals surface area contributed by atoms with Crippen LogP contribution < -0.4 is 5.32 Å². The predicted octanol–water partition coefficient (Wildman–Crippen LogP) is 4.50. The Morgan fingerprint density at radius 2 is 1.85 bits per heavy atom. The van der Waals surface area contributed by atoms with Crippen molar-refractivity contribution in [2.24, 2.45) is 0 Å². The van der Waals surface area contributed by atoms with Crippen molar-refractivity contribution in [2.75, 3.05) is 6.54 Å². The van der Waals surface area contributed by atoms with E-state index >= 15 is 0 Å². The molecule has 1 heterocycles. The smallest absolute Gasteiger partial charge is 0.0438 e. The molecule has 0 amide bonds. The van der Waals surface area contributed by atoms with Crippen LogP contribution in [0.5, 0.6) is 0 Å². The summed E-state index contributed by atoms with van der Waals surface area (Å²) in [4.78, 5) is 4.09. The molecule has 0 aliphatic heterocycles. The Balaban J connectivity index is 2.33. The van der Waals surface area contributed by atoms with E-state index < -0.39 is 0 Å². The second-order valence-corrected chi connectivity index (χ2v) is 5.52. The minimum absolute atomic E-state index is 0.250. The highest BCUT2D eigenvalue weighted by Gasteiger charge is 2.20. The van der Waals surface area contributed by atoms with E-state index in [1.165, 1.54) is 11.1 Å². The molecular weight excluding hydrogens is 268 g/mol. The molecule has 0 spiro atoms. The highest BCUT2D eigenvalue weighted by molar-refractivity contribution is 6.31. The van der Waals surface area contributed by atoms with Gasteiger partial charge in [-0.1, -0.05) is 37.6 Å². The van der Waals surface area contributed by atoms with E-state index in [-0.39, 0.29) is 6.04 Å². The lowest BCUT2D eigenvalue weighted by Gasteiger charge is -2.26. The summed E-state index contributed by atoms with van der Waals surface area (Å²) in [5.74, 6) is 0.358. The molecule has 0 saturated carbocycles. The van der Waals surface area contributed by atoms with Crippen molar-refractivity contribution in [2.45, 2.75) is 32.7 Å².